The normalized spacial score (nSPS) is 11.8. The van der Waals surface area contributed by atoms with Crippen molar-refractivity contribution in [1.29, 1.82) is 0 Å². The van der Waals surface area contributed by atoms with Crippen LogP contribution in [0.2, 0.25) is 0 Å². The van der Waals surface area contributed by atoms with Crippen molar-refractivity contribution in [2.75, 3.05) is 0 Å². The first-order chi connectivity index (χ1) is 8.66. The Kier molecular flexibility index (Phi) is 3.60. The molecule has 0 bridgehead atoms. The van der Waals surface area contributed by atoms with Gasteiger partial charge in [-0.15, -0.1) is 0 Å². The van der Waals surface area contributed by atoms with Crippen molar-refractivity contribution < 1.29 is 9.53 Å². The zero-order chi connectivity index (χ0) is 13.0. The highest BCUT2D eigenvalue weighted by atomic mass is 16.5. The summed E-state index contributed by atoms with van der Waals surface area (Å²) in [7, 11) is 0. The fraction of sp³-hybridized carbons (Fsp3) is 0.0714. The predicted octanol–water partition coefficient (Wildman–Crippen LogP) is 1.96. The quantitative estimate of drug-likeness (QED) is 0.860. The van der Waals surface area contributed by atoms with Crippen LogP contribution in [0.5, 0.6) is 11.5 Å². The number of para-hydroxylation sites is 1. The lowest BCUT2D eigenvalue weighted by Gasteiger charge is -2.10. The second-order valence-electron chi connectivity index (χ2n) is 3.87. The summed E-state index contributed by atoms with van der Waals surface area (Å²) >= 11 is 0. The minimum Gasteiger partial charge on any atom is -0.457 e. The molecule has 4 N–H and O–H groups in total. The van der Waals surface area contributed by atoms with Gasteiger partial charge >= 0.3 is 0 Å². The summed E-state index contributed by atoms with van der Waals surface area (Å²) in [4.78, 5) is 11.0. The van der Waals surface area contributed by atoms with E-state index in [1.807, 2.05) is 30.3 Å². The van der Waals surface area contributed by atoms with E-state index in [-0.39, 0.29) is 0 Å². The Hall–Kier alpha value is -2.33. The summed E-state index contributed by atoms with van der Waals surface area (Å²) in [6.07, 6.45) is 0. The molecule has 4 nitrogen and oxygen atoms in total. The van der Waals surface area contributed by atoms with Gasteiger partial charge in [-0.3, -0.25) is 4.79 Å². The van der Waals surface area contributed by atoms with Crippen LogP contribution < -0.4 is 16.2 Å². The van der Waals surface area contributed by atoms with Crippen molar-refractivity contribution in [2.24, 2.45) is 11.5 Å². The number of nitrogens with two attached hydrogens (primary N) is 2. The molecule has 0 aliphatic carbocycles. The molecule has 2 rings (SSSR count). The molecule has 4 heteroatoms. The molecule has 2 aromatic carbocycles. The lowest BCUT2D eigenvalue weighted by Crippen LogP contribution is -2.28. The van der Waals surface area contributed by atoms with Crippen LogP contribution in [0.25, 0.3) is 0 Å². The van der Waals surface area contributed by atoms with E-state index in [0.717, 1.165) is 5.75 Å². The Balaban J connectivity index is 2.20. The summed E-state index contributed by atoms with van der Waals surface area (Å²) in [6.45, 7) is 0. The maximum absolute atomic E-state index is 11.0. The van der Waals surface area contributed by atoms with Gasteiger partial charge < -0.3 is 16.2 Å². The van der Waals surface area contributed by atoms with Crippen molar-refractivity contribution in [3.8, 4) is 11.5 Å². The SMILES string of the molecule is NC(=O)C(N)c1cccc(Oc2ccccc2)c1. The number of hydrogen-bond acceptors (Lipinski definition) is 3. The van der Waals surface area contributed by atoms with Crippen molar-refractivity contribution in [3.05, 3.63) is 60.2 Å². The standard InChI is InChI=1S/C14H14N2O2/c15-13(14(16)17)10-5-4-8-12(9-10)18-11-6-2-1-3-7-11/h1-9,13H,15H2,(H2,16,17). The Bertz CT molecular complexity index is 541. The number of hydrogen-bond donors (Lipinski definition) is 2. The topological polar surface area (TPSA) is 78.3 Å². The number of benzene rings is 2. The van der Waals surface area contributed by atoms with Gasteiger partial charge in [0.1, 0.15) is 17.5 Å². The van der Waals surface area contributed by atoms with Crippen LogP contribution in [0.4, 0.5) is 0 Å². The van der Waals surface area contributed by atoms with Crippen LogP contribution in [0, 0.1) is 0 Å². The Morgan fingerprint density at radius 2 is 1.67 bits per heavy atom. The van der Waals surface area contributed by atoms with Crippen molar-refractivity contribution >= 4 is 5.91 Å². The molecular formula is C14H14N2O2. The molecule has 92 valence electrons. The van der Waals surface area contributed by atoms with E-state index in [1.54, 1.807) is 24.3 Å². The van der Waals surface area contributed by atoms with Crippen LogP contribution in [0.3, 0.4) is 0 Å². The molecule has 0 saturated carbocycles. The molecule has 0 saturated heterocycles. The number of amides is 1. The van der Waals surface area contributed by atoms with Gasteiger partial charge in [0.25, 0.3) is 0 Å². The molecule has 1 atom stereocenters. The first-order valence-corrected chi connectivity index (χ1v) is 5.54. The lowest BCUT2D eigenvalue weighted by molar-refractivity contribution is -0.119. The maximum atomic E-state index is 11.0. The molecule has 0 fully saturated rings. The molecule has 0 aliphatic heterocycles. The average molecular weight is 242 g/mol. The summed E-state index contributed by atoms with van der Waals surface area (Å²) in [5.41, 5.74) is 11.5. The van der Waals surface area contributed by atoms with Gasteiger partial charge in [0.2, 0.25) is 5.91 Å². The highest BCUT2D eigenvalue weighted by molar-refractivity contribution is 5.81. The monoisotopic (exact) mass is 242 g/mol. The van der Waals surface area contributed by atoms with Gasteiger partial charge in [0, 0.05) is 0 Å². The highest BCUT2D eigenvalue weighted by Gasteiger charge is 2.12. The zero-order valence-electron chi connectivity index (χ0n) is 9.74. The minimum absolute atomic E-state index is 0.563. The molecule has 0 heterocycles. The van der Waals surface area contributed by atoms with E-state index in [4.69, 9.17) is 16.2 Å². The second-order valence-corrected chi connectivity index (χ2v) is 3.87. The highest BCUT2D eigenvalue weighted by Crippen LogP contribution is 2.23. The first kappa shape index (κ1) is 12.1. The Morgan fingerprint density at radius 1 is 1.00 bits per heavy atom. The number of primary amides is 1. The Morgan fingerprint density at radius 3 is 2.33 bits per heavy atom. The van der Waals surface area contributed by atoms with Crippen LogP contribution in [-0.4, -0.2) is 5.91 Å². The molecule has 0 spiro atoms. The third-order valence-electron chi connectivity index (χ3n) is 2.50. The lowest BCUT2D eigenvalue weighted by atomic mass is 10.1. The molecule has 1 unspecified atom stereocenters. The number of ether oxygens (including phenoxy) is 1. The average Bonchev–Trinajstić information content (AvgIpc) is 2.39. The van der Waals surface area contributed by atoms with Crippen LogP contribution in [0.15, 0.2) is 54.6 Å². The van der Waals surface area contributed by atoms with Gasteiger partial charge in [-0.25, -0.2) is 0 Å². The smallest absolute Gasteiger partial charge is 0.238 e. The largest absolute Gasteiger partial charge is 0.457 e. The fourth-order valence-electron chi connectivity index (χ4n) is 1.56. The number of carbonyl (C=O) groups excluding carboxylic acids is 1. The van der Waals surface area contributed by atoms with Crippen LogP contribution in [-0.2, 0) is 4.79 Å². The molecule has 1 amide bonds. The summed E-state index contributed by atoms with van der Waals surface area (Å²) in [5.74, 6) is 0.782. The molecule has 0 aliphatic rings. The van der Waals surface area contributed by atoms with Crippen molar-refractivity contribution in [1.82, 2.24) is 0 Å². The van der Waals surface area contributed by atoms with Crippen LogP contribution in [0.1, 0.15) is 11.6 Å². The van der Waals surface area contributed by atoms with E-state index in [0.29, 0.717) is 11.3 Å². The second kappa shape index (κ2) is 5.33. The van der Waals surface area contributed by atoms with Gasteiger partial charge in [-0.2, -0.15) is 0 Å². The van der Waals surface area contributed by atoms with E-state index < -0.39 is 11.9 Å². The van der Waals surface area contributed by atoms with Gasteiger partial charge in [0.05, 0.1) is 0 Å². The zero-order valence-corrected chi connectivity index (χ0v) is 9.74. The number of rotatable bonds is 4. The molecule has 18 heavy (non-hydrogen) atoms. The first-order valence-electron chi connectivity index (χ1n) is 5.54. The van der Waals surface area contributed by atoms with E-state index in [1.165, 1.54) is 0 Å². The fourth-order valence-corrected chi connectivity index (χ4v) is 1.56. The molecule has 0 aromatic heterocycles. The van der Waals surface area contributed by atoms with E-state index in [2.05, 4.69) is 0 Å². The van der Waals surface area contributed by atoms with E-state index in [9.17, 15) is 4.79 Å². The maximum Gasteiger partial charge on any atom is 0.238 e. The van der Waals surface area contributed by atoms with Crippen molar-refractivity contribution in [3.63, 3.8) is 0 Å². The third-order valence-corrected chi connectivity index (χ3v) is 2.50. The summed E-state index contributed by atoms with van der Waals surface area (Å²) < 4.78 is 5.64. The van der Waals surface area contributed by atoms with E-state index >= 15 is 0 Å². The molecule has 0 radical (unpaired) electrons. The van der Waals surface area contributed by atoms with Gasteiger partial charge in [0.15, 0.2) is 0 Å². The molecule has 2 aromatic rings. The Labute approximate surface area is 105 Å². The third kappa shape index (κ3) is 2.87. The van der Waals surface area contributed by atoms with Crippen LogP contribution >= 0.6 is 0 Å². The summed E-state index contributed by atoms with van der Waals surface area (Å²) in [6, 6.07) is 15.6. The number of carbonyl (C=O) groups is 1. The summed E-state index contributed by atoms with van der Waals surface area (Å²) in [5, 5.41) is 0. The van der Waals surface area contributed by atoms with Gasteiger partial charge in [-0.1, -0.05) is 30.3 Å². The van der Waals surface area contributed by atoms with Gasteiger partial charge in [-0.05, 0) is 29.8 Å². The predicted molar refractivity (Wildman–Crippen MR) is 69.1 cm³/mol. The van der Waals surface area contributed by atoms with Crippen molar-refractivity contribution in [2.45, 2.75) is 6.04 Å². The minimum atomic E-state index is -0.815. The molecular weight excluding hydrogens is 228 g/mol.